The summed E-state index contributed by atoms with van der Waals surface area (Å²) in [6.45, 7) is 10.7. The molecule has 3 nitrogen and oxygen atoms in total. The summed E-state index contributed by atoms with van der Waals surface area (Å²) >= 11 is 0. The van der Waals surface area contributed by atoms with E-state index in [0.29, 0.717) is 6.04 Å². The van der Waals surface area contributed by atoms with Crippen LogP contribution in [0.15, 0.2) is 24.3 Å². The second-order valence-corrected chi connectivity index (χ2v) is 5.67. The molecule has 0 aromatic heterocycles. The van der Waals surface area contributed by atoms with E-state index in [0.717, 1.165) is 37.9 Å². The summed E-state index contributed by atoms with van der Waals surface area (Å²) < 4.78 is 5.52. The fourth-order valence-corrected chi connectivity index (χ4v) is 2.77. The maximum absolute atomic E-state index is 5.52. The van der Waals surface area contributed by atoms with Crippen LogP contribution < -0.4 is 15.0 Å². The molecule has 1 aliphatic heterocycles. The van der Waals surface area contributed by atoms with Crippen molar-refractivity contribution in [2.75, 3.05) is 31.1 Å². The minimum Gasteiger partial charge on any atom is -0.494 e. The standard InChI is InChI=1S/C17H28N2O/c1-4-14(3)17-13-19(12-6-11-18-17)15-7-9-16(10-8-15)20-5-2/h7-10,14,17-18H,4-6,11-13H2,1-3H3. The highest BCUT2D eigenvalue weighted by Crippen LogP contribution is 2.22. The van der Waals surface area contributed by atoms with Gasteiger partial charge in [0.05, 0.1) is 6.61 Å². The fourth-order valence-electron chi connectivity index (χ4n) is 2.77. The Labute approximate surface area is 123 Å². The van der Waals surface area contributed by atoms with Gasteiger partial charge in [0.15, 0.2) is 0 Å². The normalized spacial score (nSPS) is 21.4. The number of hydrogen-bond donors (Lipinski definition) is 1. The quantitative estimate of drug-likeness (QED) is 0.893. The average molecular weight is 276 g/mol. The lowest BCUT2D eigenvalue weighted by Crippen LogP contribution is -2.42. The van der Waals surface area contributed by atoms with Crippen LogP contribution in [0.3, 0.4) is 0 Å². The van der Waals surface area contributed by atoms with Crippen molar-refractivity contribution in [1.29, 1.82) is 0 Å². The molecule has 1 saturated heterocycles. The number of ether oxygens (including phenoxy) is 1. The van der Waals surface area contributed by atoms with Crippen LogP contribution in [-0.4, -0.2) is 32.3 Å². The first-order valence-corrected chi connectivity index (χ1v) is 7.95. The summed E-state index contributed by atoms with van der Waals surface area (Å²) in [5, 5.41) is 3.70. The summed E-state index contributed by atoms with van der Waals surface area (Å²) in [5.74, 6) is 1.68. The zero-order valence-corrected chi connectivity index (χ0v) is 13.1. The first kappa shape index (κ1) is 15.2. The minimum absolute atomic E-state index is 0.592. The van der Waals surface area contributed by atoms with Gasteiger partial charge in [-0.1, -0.05) is 20.3 Å². The van der Waals surface area contributed by atoms with Crippen LogP contribution in [0.4, 0.5) is 5.69 Å². The Balaban J connectivity index is 2.05. The van der Waals surface area contributed by atoms with Crippen molar-refractivity contribution in [1.82, 2.24) is 5.32 Å². The van der Waals surface area contributed by atoms with E-state index < -0.39 is 0 Å². The molecule has 0 amide bonds. The van der Waals surface area contributed by atoms with E-state index in [1.165, 1.54) is 18.5 Å². The van der Waals surface area contributed by atoms with Crippen LogP contribution in [0.5, 0.6) is 5.75 Å². The molecule has 112 valence electrons. The van der Waals surface area contributed by atoms with Gasteiger partial charge < -0.3 is 15.0 Å². The third-order valence-corrected chi connectivity index (χ3v) is 4.27. The molecule has 0 aliphatic carbocycles. The van der Waals surface area contributed by atoms with Crippen molar-refractivity contribution in [2.24, 2.45) is 5.92 Å². The molecule has 2 unspecified atom stereocenters. The Morgan fingerprint density at radius 3 is 2.70 bits per heavy atom. The van der Waals surface area contributed by atoms with E-state index in [2.05, 4.69) is 48.3 Å². The summed E-state index contributed by atoms with van der Waals surface area (Å²) in [7, 11) is 0. The van der Waals surface area contributed by atoms with Gasteiger partial charge in [-0.15, -0.1) is 0 Å². The van der Waals surface area contributed by atoms with Gasteiger partial charge in [0, 0.05) is 24.8 Å². The third kappa shape index (κ3) is 3.89. The van der Waals surface area contributed by atoms with E-state index in [1.807, 2.05) is 6.92 Å². The fraction of sp³-hybridized carbons (Fsp3) is 0.647. The maximum atomic E-state index is 5.52. The largest absolute Gasteiger partial charge is 0.494 e. The predicted molar refractivity (Wildman–Crippen MR) is 85.7 cm³/mol. The topological polar surface area (TPSA) is 24.5 Å². The van der Waals surface area contributed by atoms with Crippen molar-refractivity contribution < 1.29 is 4.74 Å². The van der Waals surface area contributed by atoms with Gasteiger partial charge in [-0.25, -0.2) is 0 Å². The number of rotatable bonds is 5. The molecule has 1 heterocycles. The molecule has 0 spiro atoms. The third-order valence-electron chi connectivity index (χ3n) is 4.27. The van der Waals surface area contributed by atoms with Crippen molar-refractivity contribution in [3.63, 3.8) is 0 Å². The lowest BCUT2D eigenvalue weighted by molar-refractivity contribution is 0.340. The van der Waals surface area contributed by atoms with Gasteiger partial charge in [-0.05, 0) is 50.1 Å². The smallest absolute Gasteiger partial charge is 0.119 e. The molecular formula is C17H28N2O. The molecule has 1 aromatic carbocycles. The number of nitrogens with zero attached hydrogens (tertiary/aromatic N) is 1. The van der Waals surface area contributed by atoms with Gasteiger partial charge in [-0.2, -0.15) is 0 Å². The number of nitrogens with one attached hydrogen (secondary N) is 1. The summed E-state index contributed by atoms with van der Waals surface area (Å²) in [6, 6.07) is 9.12. The predicted octanol–water partition coefficient (Wildman–Crippen LogP) is 3.30. The molecule has 1 N–H and O–H groups in total. The van der Waals surface area contributed by atoms with Crippen LogP contribution in [0.25, 0.3) is 0 Å². The SMILES string of the molecule is CCOc1ccc(N2CCCNC(C(C)CC)C2)cc1. The van der Waals surface area contributed by atoms with Crippen LogP contribution in [0.1, 0.15) is 33.6 Å². The molecule has 2 rings (SSSR count). The van der Waals surface area contributed by atoms with E-state index >= 15 is 0 Å². The van der Waals surface area contributed by atoms with Crippen molar-refractivity contribution >= 4 is 5.69 Å². The molecule has 1 aliphatic rings. The lowest BCUT2D eigenvalue weighted by Gasteiger charge is -2.29. The van der Waals surface area contributed by atoms with Gasteiger partial charge in [-0.3, -0.25) is 0 Å². The molecular weight excluding hydrogens is 248 g/mol. The Hall–Kier alpha value is -1.22. The van der Waals surface area contributed by atoms with Crippen molar-refractivity contribution in [2.45, 2.75) is 39.7 Å². The summed E-state index contributed by atoms with van der Waals surface area (Å²) in [6.07, 6.45) is 2.44. The molecule has 0 radical (unpaired) electrons. The zero-order chi connectivity index (χ0) is 14.4. The maximum Gasteiger partial charge on any atom is 0.119 e. The Morgan fingerprint density at radius 1 is 1.30 bits per heavy atom. The van der Waals surface area contributed by atoms with Crippen molar-refractivity contribution in [3.05, 3.63) is 24.3 Å². The van der Waals surface area contributed by atoms with E-state index in [1.54, 1.807) is 0 Å². The second-order valence-electron chi connectivity index (χ2n) is 5.67. The van der Waals surface area contributed by atoms with Gasteiger partial charge in [0.1, 0.15) is 5.75 Å². The second kappa shape index (κ2) is 7.53. The molecule has 0 saturated carbocycles. The van der Waals surface area contributed by atoms with Gasteiger partial charge in [0.2, 0.25) is 0 Å². The average Bonchev–Trinajstić information content (AvgIpc) is 2.73. The number of anilines is 1. The molecule has 0 bridgehead atoms. The summed E-state index contributed by atoms with van der Waals surface area (Å²) in [4.78, 5) is 2.51. The number of benzene rings is 1. The Kier molecular flexibility index (Phi) is 5.72. The highest BCUT2D eigenvalue weighted by molar-refractivity contribution is 5.49. The molecule has 20 heavy (non-hydrogen) atoms. The van der Waals surface area contributed by atoms with E-state index in [4.69, 9.17) is 4.74 Å². The first-order chi connectivity index (χ1) is 9.74. The lowest BCUT2D eigenvalue weighted by atomic mass is 9.99. The van der Waals surface area contributed by atoms with E-state index in [9.17, 15) is 0 Å². The van der Waals surface area contributed by atoms with Crippen LogP contribution in [0.2, 0.25) is 0 Å². The van der Waals surface area contributed by atoms with Crippen LogP contribution in [0, 0.1) is 5.92 Å². The molecule has 1 fully saturated rings. The highest BCUT2D eigenvalue weighted by atomic mass is 16.5. The first-order valence-electron chi connectivity index (χ1n) is 7.95. The molecule has 3 heteroatoms. The Bertz CT molecular complexity index is 390. The Morgan fingerprint density at radius 2 is 2.05 bits per heavy atom. The van der Waals surface area contributed by atoms with Gasteiger partial charge in [0.25, 0.3) is 0 Å². The molecule has 2 atom stereocenters. The molecule has 1 aromatic rings. The summed E-state index contributed by atoms with van der Waals surface area (Å²) in [5.41, 5.74) is 1.31. The monoisotopic (exact) mass is 276 g/mol. The van der Waals surface area contributed by atoms with Crippen LogP contribution in [-0.2, 0) is 0 Å². The highest BCUT2D eigenvalue weighted by Gasteiger charge is 2.21. The number of hydrogen-bond acceptors (Lipinski definition) is 3. The van der Waals surface area contributed by atoms with Crippen LogP contribution >= 0.6 is 0 Å². The zero-order valence-electron chi connectivity index (χ0n) is 13.1. The van der Waals surface area contributed by atoms with Crippen molar-refractivity contribution in [3.8, 4) is 5.75 Å². The van der Waals surface area contributed by atoms with Gasteiger partial charge >= 0.3 is 0 Å². The van der Waals surface area contributed by atoms with E-state index in [-0.39, 0.29) is 0 Å². The minimum atomic E-state index is 0.592.